The van der Waals surface area contributed by atoms with Crippen LogP contribution in [-0.2, 0) is 17.7 Å². The second kappa shape index (κ2) is 14.3. The predicted octanol–water partition coefficient (Wildman–Crippen LogP) is 2.90. The monoisotopic (exact) mass is 516 g/mol. The van der Waals surface area contributed by atoms with Gasteiger partial charge in [-0.3, -0.25) is 21.1 Å². The summed E-state index contributed by atoms with van der Waals surface area (Å²) in [7, 11) is 0. The molecule has 202 valence electrons. The van der Waals surface area contributed by atoms with Crippen molar-refractivity contribution in [2.75, 3.05) is 19.8 Å². The number of carbonyl (C=O) groups excluding carboxylic acids is 2. The Hall–Kier alpha value is -3.54. The number of hydrazine groups is 2. The van der Waals surface area contributed by atoms with E-state index in [0.29, 0.717) is 36.2 Å². The second-order valence-electron chi connectivity index (χ2n) is 8.58. The number of nitrogens with zero attached hydrogens (tertiary/aromatic N) is 2. The first-order valence-corrected chi connectivity index (χ1v) is 12.2. The number of allylic oxidation sites excluding steroid dienone is 4. The van der Waals surface area contributed by atoms with Crippen molar-refractivity contribution in [3.8, 4) is 0 Å². The van der Waals surface area contributed by atoms with Crippen LogP contribution in [0, 0.1) is 11.2 Å². The largest absolute Gasteiger partial charge is 0.450 e. The molecular formula is C26H37FN6O4. The van der Waals surface area contributed by atoms with E-state index in [9.17, 15) is 19.1 Å². The molecule has 1 aliphatic heterocycles. The molecule has 0 spiro atoms. The van der Waals surface area contributed by atoms with Gasteiger partial charge in [0.2, 0.25) is 0 Å². The maximum absolute atomic E-state index is 14.7. The van der Waals surface area contributed by atoms with E-state index < -0.39 is 23.9 Å². The Kier molecular flexibility index (Phi) is 11.4. The van der Waals surface area contributed by atoms with Gasteiger partial charge in [0.15, 0.2) is 0 Å². The summed E-state index contributed by atoms with van der Waals surface area (Å²) >= 11 is 0. The number of benzene rings is 1. The smallest absolute Gasteiger partial charge is 0.410 e. The lowest BCUT2D eigenvalue weighted by molar-refractivity contribution is 0.0961. The van der Waals surface area contributed by atoms with Gasteiger partial charge in [-0.2, -0.15) is 5.53 Å². The Morgan fingerprint density at radius 2 is 2.08 bits per heavy atom. The van der Waals surface area contributed by atoms with Crippen LogP contribution in [0.15, 0.2) is 47.7 Å². The zero-order valence-corrected chi connectivity index (χ0v) is 21.8. The molecule has 0 bridgehead atoms. The minimum absolute atomic E-state index is 0.0743. The van der Waals surface area contributed by atoms with E-state index in [4.69, 9.17) is 16.0 Å². The summed E-state index contributed by atoms with van der Waals surface area (Å²) in [6, 6.07) is 2.41. The number of fused-ring (bicyclic) bond motifs is 1. The molecule has 2 amide bonds. The first kappa shape index (κ1) is 29.7. The van der Waals surface area contributed by atoms with Crippen LogP contribution < -0.4 is 16.7 Å². The van der Waals surface area contributed by atoms with Crippen molar-refractivity contribution in [1.82, 2.24) is 20.8 Å². The Bertz CT molecular complexity index is 1090. The number of rotatable bonds is 10. The first-order chi connectivity index (χ1) is 17.7. The number of hydrogen-bond donors (Lipinski definition) is 5. The quantitative estimate of drug-likeness (QED) is 0.106. The lowest BCUT2D eigenvalue weighted by Gasteiger charge is -2.29. The van der Waals surface area contributed by atoms with Crippen LogP contribution >= 0.6 is 0 Å². The molecule has 0 radical (unpaired) electrons. The van der Waals surface area contributed by atoms with Crippen molar-refractivity contribution in [2.45, 2.75) is 53.1 Å². The summed E-state index contributed by atoms with van der Waals surface area (Å²) in [6.07, 6.45) is 7.51. The molecule has 1 unspecified atom stereocenters. The highest BCUT2D eigenvalue weighted by Gasteiger charge is 2.24. The molecule has 0 aromatic heterocycles. The van der Waals surface area contributed by atoms with Gasteiger partial charge in [-0.15, -0.1) is 0 Å². The number of hydrogen-bond acceptors (Lipinski definition) is 7. The Balaban J connectivity index is 2.14. The van der Waals surface area contributed by atoms with Gasteiger partial charge in [0, 0.05) is 24.4 Å². The van der Waals surface area contributed by atoms with E-state index in [2.05, 4.69) is 10.9 Å². The van der Waals surface area contributed by atoms with Crippen LogP contribution in [-0.4, -0.2) is 58.7 Å². The average Bonchev–Trinajstić information content (AvgIpc) is 2.87. The van der Waals surface area contributed by atoms with Crippen molar-refractivity contribution < 1.29 is 23.8 Å². The second-order valence-corrected chi connectivity index (χ2v) is 8.58. The van der Waals surface area contributed by atoms with Gasteiger partial charge in [0.1, 0.15) is 11.7 Å². The van der Waals surface area contributed by atoms with Gasteiger partial charge in [-0.05, 0) is 62.9 Å². The minimum Gasteiger partial charge on any atom is -0.450 e. The van der Waals surface area contributed by atoms with Crippen molar-refractivity contribution in [1.29, 1.82) is 5.41 Å². The number of amides is 2. The maximum atomic E-state index is 14.7. The first-order valence-electron chi connectivity index (χ1n) is 12.2. The fraction of sp³-hybridized carbons (Fsp3) is 0.423. The summed E-state index contributed by atoms with van der Waals surface area (Å²) in [5.41, 5.74) is 4.79. The predicted molar refractivity (Wildman–Crippen MR) is 140 cm³/mol. The number of aliphatic hydroxyl groups excluding tert-OH is 1. The Labute approximate surface area is 217 Å². The van der Waals surface area contributed by atoms with Crippen LogP contribution in [0.2, 0.25) is 0 Å². The molecule has 0 saturated heterocycles. The van der Waals surface area contributed by atoms with Crippen molar-refractivity contribution in [3.05, 3.63) is 70.2 Å². The zero-order valence-electron chi connectivity index (χ0n) is 21.8. The molecule has 1 heterocycles. The molecule has 0 saturated carbocycles. The van der Waals surface area contributed by atoms with Gasteiger partial charge in [0.25, 0.3) is 5.91 Å². The lowest BCUT2D eigenvalue weighted by Crippen LogP contribution is -2.53. The van der Waals surface area contributed by atoms with Crippen LogP contribution in [0.5, 0.6) is 0 Å². The summed E-state index contributed by atoms with van der Waals surface area (Å²) < 4.78 is 19.8. The number of ether oxygens (including phenoxy) is 1. The summed E-state index contributed by atoms with van der Waals surface area (Å²) in [5.74, 6) is 4.36. The van der Waals surface area contributed by atoms with Crippen molar-refractivity contribution in [3.63, 3.8) is 0 Å². The average molecular weight is 517 g/mol. The number of halogens is 1. The van der Waals surface area contributed by atoms with E-state index in [1.165, 1.54) is 22.0 Å². The molecular weight excluding hydrogens is 479 g/mol. The van der Waals surface area contributed by atoms with Crippen LogP contribution in [0.3, 0.4) is 0 Å². The highest BCUT2D eigenvalue weighted by Crippen LogP contribution is 2.23. The number of aliphatic hydroxyl groups is 1. The molecule has 11 heteroatoms. The molecule has 10 nitrogen and oxygen atoms in total. The molecule has 1 atom stereocenters. The van der Waals surface area contributed by atoms with Crippen molar-refractivity contribution >= 4 is 17.8 Å². The van der Waals surface area contributed by atoms with Gasteiger partial charge >= 0.3 is 6.09 Å². The lowest BCUT2D eigenvalue weighted by atomic mass is 9.96. The molecule has 0 fully saturated rings. The van der Waals surface area contributed by atoms with Crippen LogP contribution in [0.25, 0.3) is 0 Å². The highest BCUT2D eigenvalue weighted by atomic mass is 19.1. The highest BCUT2D eigenvalue weighted by molar-refractivity contribution is 5.98. The SMILES string of the molecule is CC/C=C(/C=C\C=C(/C)NC(=O)c1cc2c(cc1F)CCN(C(=O)OCC)C2)C(=N)N(NN)C(C)CO. The third-order valence-electron chi connectivity index (χ3n) is 5.79. The van der Waals surface area contributed by atoms with E-state index in [1.807, 2.05) is 13.0 Å². The molecule has 1 aromatic rings. The summed E-state index contributed by atoms with van der Waals surface area (Å²) in [5, 5.41) is 21.8. The van der Waals surface area contributed by atoms with Crippen LogP contribution in [0.1, 0.15) is 55.6 Å². The fourth-order valence-corrected chi connectivity index (χ4v) is 3.80. The number of nitrogens with one attached hydrogen (secondary N) is 3. The molecule has 6 N–H and O–H groups in total. The van der Waals surface area contributed by atoms with Gasteiger partial charge in [0.05, 0.1) is 24.8 Å². The topological polar surface area (TPSA) is 144 Å². The van der Waals surface area contributed by atoms with Gasteiger partial charge < -0.3 is 20.1 Å². The number of carbonyl (C=O) groups is 2. The van der Waals surface area contributed by atoms with Crippen LogP contribution in [0.4, 0.5) is 9.18 Å². The molecule has 2 rings (SSSR count). The maximum Gasteiger partial charge on any atom is 0.410 e. The van der Waals surface area contributed by atoms with E-state index in [0.717, 1.165) is 5.56 Å². The standard InChI is InChI=1S/C26H37FN6O4/c1-5-8-19(24(28)33(31-29)18(4)16-34)10-7-9-17(3)30-25(35)22-13-21-15-32(26(36)37-6-2)12-11-20(21)14-23(22)27/h7-10,13-14,18,28,31,34H,5-6,11-12,15-16,29H2,1-4H3,(H,30,35)/b10-7-,17-9+,19-8-,28-24?. The summed E-state index contributed by atoms with van der Waals surface area (Å²) in [4.78, 5) is 26.4. The number of nitrogens with two attached hydrogens (primary N) is 1. The van der Waals surface area contributed by atoms with E-state index >= 15 is 0 Å². The van der Waals surface area contributed by atoms with Gasteiger partial charge in [-0.25, -0.2) is 9.18 Å². The third-order valence-corrected chi connectivity index (χ3v) is 5.79. The van der Waals surface area contributed by atoms with E-state index in [-0.39, 0.29) is 31.2 Å². The fourth-order valence-electron chi connectivity index (χ4n) is 3.80. The van der Waals surface area contributed by atoms with Gasteiger partial charge in [-0.1, -0.05) is 25.2 Å². The Morgan fingerprint density at radius 3 is 2.70 bits per heavy atom. The molecule has 37 heavy (non-hydrogen) atoms. The zero-order chi connectivity index (χ0) is 27.5. The molecule has 1 aromatic carbocycles. The molecule has 1 aliphatic rings. The van der Waals surface area contributed by atoms with E-state index in [1.54, 1.807) is 39.0 Å². The minimum atomic E-state index is -0.627. The number of amidine groups is 1. The Morgan fingerprint density at radius 1 is 1.35 bits per heavy atom. The third kappa shape index (κ3) is 7.97. The summed E-state index contributed by atoms with van der Waals surface area (Å²) in [6.45, 7) is 7.78. The molecule has 0 aliphatic carbocycles. The normalized spacial score (nSPS) is 14.8. The van der Waals surface area contributed by atoms with Crippen molar-refractivity contribution in [2.24, 2.45) is 5.84 Å².